The minimum atomic E-state index is 0.192. The molecule has 1 atom stereocenters. The Morgan fingerprint density at radius 1 is 0.895 bits per heavy atom. The summed E-state index contributed by atoms with van der Waals surface area (Å²) in [4.78, 5) is 17.0. The average molecular weight is 265 g/mol. The molecule has 0 radical (unpaired) electrons. The van der Waals surface area contributed by atoms with Crippen LogP contribution in [0.3, 0.4) is 0 Å². The molecule has 4 nitrogen and oxygen atoms in total. The van der Waals surface area contributed by atoms with Crippen LogP contribution in [-0.2, 0) is 0 Å². The van der Waals surface area contributed by atoms with Crippen LogP contribution in [0.15, 0.2) is 0 Å². The Balaban J connectivity index is 1.49. The van der Waals surface area contributed by atoms with Crippen LogP contribution in [0.25, 0.3) is 0 Å². The van der Waals surface area contributed by atoms with Crippen LogP contribution in [0.4, 0.5) is 4.79 Å². The maximum absolute atomic E-state index is 12.3. The maximum atomic E-state index is 12.3. The van der Waals surface area contributed by atoms with Gasteiger partial charge in [0.2, 0.25) is 0 Å². The second kappa shape index (κ2) is 6.12. The van der Waals surface area contributed by atoms with Gasteiger partial charge in [-0.3, -0.25) is 4.90 Å². The number of rotatable bonds is 1. The molecule has 1 N–H and O–H groups in total. The van der Waals surface area contributed by atoms with E-state index in [2.05, 4.69) is 15.1 Å². The first-order chi connectivity index (χ1) is 9.33. The van der Waals surface area contributed by atoms with Crippen molar-refractivity contribution >= 4 is 6.03 Å². The molecule has 3 aliphatic rings. The number of piperidine rings is 1. The molecule has 0 bridgehead atoms. The fraction of sp³-hybridized carbons (Fsp3) is 0.933. The highest BCUT2D eigenvalue weighted by molar-refractivity contribution is 5.74. The van der Waals surface area contributed by atoms with Crippen molar-refractivity contribution in [3.8, 4) is 0 Å². The van der Waals surface area contributed by atoms with Gasteiger partial charge in [0.05, 0.1) is 0 Å². The SMILES string of the molecule is O=C(NC1CCCCC1)N1CCN2CCCCC2C1. The van der Waals surface area contributed by atoms with Crippen molar-refractivity contribution in [2.45, 2.75) is 63.5 Å². The number of piperazine rings is 1. The third-order valence-electron chi connectivity index (χ3n) is 5.06. The third-order valence-corrected chi connectivity index (χ3v) is 5.06. The summed E-state index contributed by atoms with van der Waals surface area (Å²) < 4.78 is 0. The van der Waals surface area contributed by atoms with Crippen molar-refractivity contribution < 1.29 is 4.79 Å². The van der Waals surface area contributed by atoms with Crippen molar-refractivity contribution in [2.24, 2.45) is 0 Å². The Morgan fingerprint density at radius 3 is 2.53 bits per heavy atom. The van der Waals surface area contributed by atoms with Gasteiger partial charge in [-0.05, 0) is 32.2 Å². The number of fused-ring (bicyclic) bond motifs is 1. The maximum Gasteiger partial charge on any atom is 0.317 e. The monoisotopic (exact) mass is 265 g/mol. The summed E-state index contributed by atoms with van der Waals surface area (Å²) in [6, 6.07) is 1.25. The second-order valence-electron chi connectivity index (χ2n) is 6.42. The van der Waals surface area contributed by atoms with Gasteiger partial charge in [0, 0.05) is 31.7 Å². The fourth-order valence-corrected chi connectivity index (χ4v) is 3.85. The summed E-state index contributed by atoms with van der Waals surface area (Å²) in [7, 11) is 0. The Labute approximate surface area is 116 Å². The van der Waals surface area contributed by atoms with Gasteiger partial charge in [0.1, 0.15) is 0 Å². The van der Waals surface area contributed by atoms with E-state index in [0.29, 0.717) is 12.1 Å². The number of carbonyl (C=O) groups is 1. The number of carbonyl (C=O) groups excluding carboxylic acids is 1. The summed E-state index contributed by atoms with van der Waals surface area (Å²) in [5.41, 5.74) is 0. The van der Waals surface area contributed by atoms with Crippen LogP contribution in [0, 0.1) is 0 Å². The Hall–Kier alpha value is -0.770. The summed E-state index contributed by atoms with van der Waals surface area (Å²) >= 11 is 0. The Bertz CT molecular complexity index is 315. The number of urea groups is 1. The predicted octanol–water partition coefficient (Wildman–Crippen LogP) is 2.20. The molecule has 2 aliphatic heterocycles. The van der Waals surface area contributed by atoms with Crippen molar-refractivity contribution in [3.63, 3.8) is 0 Å². The number of nitrogens with one attached hydrogen (secondary N) is 1. The molecule has 1 saturated carbocycles. The number of amides is 2. The first-order valence-corrected chi connectivity index (χ1v) is 8.12. The molecule has 2 heterocycles. The van der Waals surface area contributed by atoms with Crippen molar-refractivity contribution in [1.29, 1.82) is 0 Å². The lowest BCUT2D eigenvalue weighted by Crippen LogP contribution is -2.58. The zero-order chi connectivity index (χ0) is 13.1. The second-order valence-corrected chi connectivity index (χ2v) is 6.42. The van der Waals surface area contributed by atoms with E-state index in [1.807, 2.05) is 0 Å². The summed E-state index contributed by atoms with van der Waals surface area (Å²) in [5.74, 6) is 0. The van der Waals surface area contributed by atoms with E-state index in [4.69, 9.17) is 0 Å². The van der Waals surface area contributed by atoms with Crippen LogP contribution in [0.5, 0.6) is 0 Å². The van der Waals surface area contributed by atoms with Gasteiger partial charge < -0.3 is 10.2 Å². The lowest BCUT2D eigenvalue weighted by atomic mass is 9.95. The highest BCUT2D eigenvalue weighted by Gasteiger charge is 2.31. The van der Waals surface area contributed by atoms with Gasteiger partial charge in [0.15, 0.2) is 0 Å². The van der Waals surface area contributed by atoms with Crippen LogP contribution in [-0.4, -0.2) is 54.1 Å². The predicted molar refractivity (Wildman–Crippen MR) is 76.2 cm³/mol. The molecule has 0 aromatic heterocycles. The Morgan fingerprint density at radius 2 is 1.68 bits per heavy atom. The summed E-state index contributed by atoms with van der Waals surface area (Å²) in [6.07, 6.45) is 10.2. The van der Waals surface area contributed by atoms with E-state index in [0.717, 1.165) is 19.6 Å². The van der Waals surface area contributed by atoms with Crippen molar-refractivity contribution in [3.05, 3.63) is 0 Å². The molecule has 1 unspecified atom stereocenters. The fourth-order valence-electron chi connectivity index (χ4n) is 3.85. The molecule has 2 amide bonds. The zero-order valence-corrected chi connectivity index (χ0v) is 11.9. The number of hydrogen-bond donors (Lipinski definition) is 1. The highest BCUT2D eigenvalue weighted by atomic mass is 16.2. The van der Waals surface area contributed by atoms with E-state index in [1.54, 1.807) is 0 Å². The van der Waals surface area contributed by atoms with Crippen molar-refractivity contribution in [1.82, 2.24) is 15.1 Å². The molecule has 0 aromatic rings. The molecule has 4 heteroatoms. The third kappa shape index (κ3) is 3.22. The molecule has 0 aromatic carbocycles. The van der Waals surface area contributed by atoms with Crippen molar-refractivity contribution in [2.75, 3.05) is 26.2 Å². The average Bonchev–Trinajstić information content (AvgIpc) is 2.48. The first kappa shape index (κ1) is 13.2. The van der Waals surface area contributed by atoms with E-state index in [-0.39, 0.29) is 6.03 Å². The van der Waals surface area contributed by atoms with Crippen LogP contribution in [0.2, 0.25) is 0 Å². The van der Waals surface area contributed by atoms with Crippen LogP contribution >= 0.6 is 0 Å². The first-order valence-electron chi connectivity index (χ1n) is 8.12. The largest absolute Gasteiger partial charge is 0.335 e. The van der Waals surface area contributed by atoms with E-state index < -0.39 is 0 Å². The molecule has 19 heavy (non-hydrogen) atoms. The van der Waals surface area contributed by atoms with E-state index >= 15 is 0 Å². The van der Waals surface area contributed by atoms with Gasteiger partial charge in [-0.2, -0.15) is 0 Å². The van der Waals surface area contributed by atoms with Crippen LogP contribution in [0.1, 0.15) is 51.4 Å². The minimum Gasteiger partial charge on any atom is -0.335 e. The van der Waals surface area contributed by atoms with Gasteiger partial charge >= 0.3 is 6.03 Å². The van der Waals surface area contributed by atoms with E-state index in [1.165, 1.54) is 57.9 Å². The molecular formula is C15H27N3O. The highest BCUT2D eigenvalue weighted by Crippen LogP contribution is 2.22. The van der Waals surface area contributed by atoms with Crippen LogP contribution < -0.4 is 5.32 Å². The topological polar surface area (TPSA) is 35.6 Å². The van der Waals surface area contributed by atoms with E-state index in [9.17, 15) is 4.79 Å². The smallest absolute Gasteiger partial charge is 0.317 e. The summed E-state index contributed by atoms with van der Waals surface area (Å²) in [5, 5.41) is 3.25. The van der Waals surface area contributed by atoms with Gasteiger partial charge in [-0.15, -0.1) is 0 Å². The molecular weight excluding hydrogens is 238 g/mol. The molecule has 0 spiro atoms. The number of hydrogen-bond acceptors (Lipinski definition) is 2. The quantitative estimate of drug-likeness (QED) is 0.789. The normalized spacial score (nSPS) is 29.9. The molecule has 3 rings (SSSR count). The lowest BCUT2D eigenvalue weighted by Gasteiger charge is -2.44. The van der Waals surface area contributed by atoms with Gasteiger partial charge in [-0.1, -0.05) is 25.7 Å². The molecule has 108 valence electrons. The Kier molecular flexibility index (Phi) is 4.26. The molecule has 2 saturated heterocycles. The minimum absolute atomic E-state index is 0.192. The molecule has 1 aliphatic carbocycles. The zero-order valence-electron chi connectivity index (χ0n) is 11.9. The van der Waals surface area contributed by atoms with Gasteiger partial charge in [0.25, 0.3) is 0 Å². The standard InChI is InChI=1S/C15H27N3O/c19-15(16-13-6-2-1-3-7-13)18-11-10-17-9-5-4-8-14(17)12-18/h13-14H,1-12H2,(H,16,19). The molecule has 3 fully saturated rings. The van der Waals surface area contributed by atoms with Gasteiger partial charge in [-0.25, -0.2) is 4.79 Å². The number of nitrogens with zero attached hydrogens (tertiary/aromatic N) is 2. The lowest BCUT2D eigenvalue weighted by molar-refractivity contribution is 0.0632. The summed E-state index contributed by atoms with van der Waals surface area (Å²) in [6.45, 7) is 4.17.